The molecule has 1 fully saturated rings. The molecule has 1 atom stereocenters. The number of hydrogen-bond acceptors (Lipinski definition) is 3. The van der Waals surface area contributed by atoms with E-state index in [0.29, 0.717) is 12.6 Å². The average molecular weight is 261 g/mol. The summed E-state index contributed by atoms with van der Waals surface area (Å²) in [5.74, 6) is 0. The number of hydrogen-bond donors (Lipinski definition) is 1. The Hall–Kier alpha value is -1.06. The van der Waals surface area contributed by atoms with Crippen molar-refractivity contribution in [1.29, 1.82) is 0 Å². The van der Waals surface area contributed by atoms with Gasteiger partial charge in [-0.25, -0.2) is 0 Å². The minimum Gasteiger partial charge on any atom is -0.373 e. The highest BCUT2D eigenvalue weighted by atomic mass is 15.2. The smallest absolute Gasteiger partial charge is 0.0394 e. The Morgan fingerprint density at radius 1 is 1.42 bits per heavy atom. The van der Waals surface area contributed by atoms with Gasteiger partial charge < -0.3 is 10.6 Å². The van der Waals surface area contributed by atoms with Crippen LogP contribution in [-0.2, 0) is 6.54 Å². The predicted octanol–water partition coefficient (Wildman–Crippen LogP) is 2.37. The zero-order valence-electron chi connectivity index (χ0n) is 12.5. The van der Waals surface area contributed by atoms with Gasteiger partial charge in [0, 0.05) is 31.9 Å². The van der Waals surface area contributed by atoms with Gasteiger partial charge in [0.05, 0.1) is 0 Å². The lowest BCUT2D eigenvalue weighted by molar-refractivity contribution is 0.270. The van der Waals surface area contributed by atoms with Gasteiger partial charge in [-0.05, 0) is 50.0 Å². The molecule has 1 aromatic carbocycles. The second kappa shape index (κ2) is 6.40. The van der Waals surface area contributed by atoms with E-state index >= 15 is 0 Å². The van der Waals surface area contributed by atoms with Crippen LogP contribution in [0.1, 0.15) is 30.9 Å². The third-order valence-corrected chi connectivity index (χ3v) is 4.30. The van der Waals surface area contributed by atoms with E-state index in [9.17, 15) is 0 Å². The Balaban J connectivity index is 2.05. The van der Waals surface area contributed by atoms with Crippen LogP contribution < -0.4 is 10.6 Å². The number of anilines is 1. The number of benzene rings is 1. The van der Waals surface area contributed by atoms with Crippen LogP contribution in [0.2, 0.25) is 0 Å². The molecule has 2 rings (SSSR count). The normalized spacial score (nSPS) is 19.9. The topological polar surface area (TPSA) is 32.5 Å². The lowest BCUT2D eigenvalue weighted by atomic mass is 10.1. The summed E-state index contributed by atoms with van der Waals surface area (Å²) in [7, 11) is 2.20. The van der Waals surface area contributed by atoms with Gasteiger partial charge in [-0.1, -0.05) is 19.1 Å². The molecule has 1 heterocycles. The van der Waals surface area contributed by atoms with Gasteiger partial charge in [-0.2, -0.15) is 0 Å². The van der Waals surface area contributed by atoms with Gasteiger partial charge in [0.1, 0.15) is 0 Å². The van der Waals surface area contributed by atoms with Crippen LogP contribution in [0.15, 0.2) is 18.2 Å². The quantitative estimate of drug-likeness (QED) is 0.883. The Morgan fingerprint density at radius 3 is 2.84 bits per heavy atom. The maximum Gasteiger partial charge on any atom is 0.0394 e. The van der Waals surface area contributed by atoms with Gasteiger partial charge in [-0.15, -0.1) is 0 Å². The molecule has 0 aliphatic carbocycles. The maximum atomic E-state index is 5.69. The van der Waals surface area contributed by atoms with Crippen LogP contribution in [0.3, 0.4) is 0 Å². The van der Waals surface area contributed by atoms with E-state index in [1.54, 1.807) is 0 Å². The van der Waals surface area contributed by atoms with Gasteiger partial charge in [0.15, 0.2) is 0 Å². The molecule has 106 valence electrons. The minimum atomic E-state index is 0.622. The number of nitrogens with two attached hydrogens (primary N) is 1. The fourth-order valence-electron chi connectivity index (χ4n) is 3.21. The van der Waals surface area contributed by atoms with E-state index in [-0.39, 0.29) is 0 Å². The number of aryl methyl sites for hydroxylation is 1. The number of likely N-dealkylation sites (tertiary alicyclic amines) is 1. The van der Waals surface area contributed by atoms with Crippen molar-refractivity contribution >= 4 is 5.69 Å². The largest absolute Gasteiger partial charge is 0.373 e. The van der Waals surface area contributed by atoms with Crippen molar-refractivity contribution in [2.24, 2.45) is 5.73 Å². The number of rotatable bonds is 5. The Morgan fingerprint density at radius 2 is 2.21 bits per heavy atom. The Bertz CT molecular complexity index is 416. The van der Waals surface area contributed by atoms with Crippen molar-refractivity contribution in [2.75, 3.05) is 31.6 Å². The Kier molecular flexibility index (Phi) is 4.83. The van der Waals surface area contributed by atoms with E-state index < -0.39 is 0 Å². The predicted molar refractivity (Wildman–Crippen MR) is 82.6 cm³/mol. The first-order valence-electron chi connectivity index (χ1n) is 7.40. The first-order chi connectivity index (χ1) is 9.15. The highest BCUT2D eigenvalue weighted by molar-refractivity contribution is 5.54. The van der Waals surface area contributed by atoms with Crippen molar-refractivity contribution in [3.8, 4) is 0 Å². The molecule has 1 aliphatic heterocycles. The standard InChI is InChI=1S/C16H27N3/c1-4-19-9-5-6-15(19)12-18(3)16-8-7-14(11-17)10-13(16)2/h7-8,10,15H,4-6,9,11-12,17H2,1-3H3. The molecule has 3 heteroatoms. The summed E-state index contributed by atoms with van der Waals surface area (Å²) in [5.41, 5.74) is 9.57. The minimum absolute atomic E-state index is 0.622. The summed E-state index contributed by atoms with van der Waals surface area (Å²) in [6.45, 7) is 8.62. The lowest BCUT2D eigenvalue weighted by Gasteiger charge is -2.30. The fourth-order valence-corrected chi connectivity index (χ4v) is 3.21. The van der Waals surface area contributed by atoms with Crippen molar-refractivity contribution < 1.29 is 0 Å². The maximum absolute atomic E-state index is 5.69. The summed E-state index contributed by atoms with van der Waals surface area (Å²) in [6.07, 6.45) is 2.68. The van der Waals surface area contributed by atoms with Crippen molar-refractivity contribution in [3.63, 3.8) is 0 Å². The molecule has 0 saturated carbocycles. The molecule has 19 heavy (non-hydrogen) atoms. The molecule has 0 spiro atoms. The first-order valence-corrected chi connectivity index (χ1v) is 7.40. The van der Waals surface area contributed by atoms with Crippen molar-refractivity contribution in [3.05, 3.63) is 29.3 Å². The molecule has 1 unspecified atom stereocenters. The van der Waals surface area contributed by atoms with E-state index in [4.69, 9.17) is 5.73 Å². The fraction of sp³-hybridized carbons (Fsp3) is 0.625. The SMILES string of the molecule is CCN1CCCC1CN(C)c1ccc(CN)cc1C. The number of nitrogens with zero attached hydrogens (tertiary/aromatic N) is 2. The molecule has 0 bridgehead atoms. The lowest BCUT2D eigenvalue weighted by Crippen LogP contribution is -2.38. The second-order valence-corrected chi connectivity index (χ2v) is 5.63. The van der Waals surface area contributed by atoms with Crippen LogP contribution in [0.4, 0.5) is 5.69 Å². The zero-order valence-corrected chi connectivity index (χ0v) is 12.5. The van der Waals surface area contributed by atoms with Crippen LogP contribution in [0.5, 0.6) is 0 Å². The van der Waals surface area contributed by atoms with Crippen LogP contribution in [0.25, 0.3) is 0 Å². The molecule has 0 aromatic heterocycles. The third kappa shape index (κ3) is 3.28. The summed E-state index contributed by atoms with van der Waals surface area (Å²) >= 11 is 0. The summed E-state index contributed by atoms with van der Waals surface area (Å²) < 4.78 is 0. The monoisotopic (exact) mass is 261 g/mol. The van der Waals surface area contributed by atoms with Crippen LogP contribution >= 0.6 is 0 Å². The summed E-state index contributed by atoms with van der Waals surface area (Å²) in [4.78, 5) is 4.99. The van der Waals surface area contributed by atoms with Gasteiger partial charge in [0.25, 0.3) is 0 Å². The molecule has 2 N–H and O–H groups in total. The van der Waals surface area contributed by atoms with Gasteiger partial charge in [0.2, 0.25) is 0 Å². The zero-order chi connectivity index (χ0) is 13.8. The molecular formula is C16H27N3. The number of likely N-dealkylation sites (N-methyl/N-ethyl adjacent to an activating group) is 2. The van der Waals surface area contributed by atoms with Gasteiger partial charge >= 0.3 is 0 Å². The molecular weight excluding hydrogens is 234 g/mol. The van der Waals surface area contributed by atoms with Gasteiger partial charge in [-0.3, -0.25) is 4.90 Å². The molecule has 0 radical (unpaired) electrons. The van der Waals surface area contributed by atoms with E-state index in [2.05, 4.69) is 48.9 Å². The van der Waals surface area contributed by atoms with Crippen molar-refractivity contribution in [2.45, 2.75) is 39.3 Å². The van der Waals surface area contributed by atoms with E-state index in [1.165, 1.54) is 42.7 Å². The molecule has 1 aliphatic rings. The second-order valence-electron chi connectivity index (χ2n) is 5.63. The van der Waals surface area contributed by atoms with E-state index in [1.807, 2.05) is 0 Å². The molecule has 3 nitrogen and oxygen atoms in total. The highest BCUT2D eigenvalue weighted by Gasteiger charge is 2.24. The highest BCUT2D eigenvalue weighted by Crippen LogP contribution is 2.23. The summed E-state index contributed by atoms with van der Waals surface area (Å²) in [5, 5.41) is 0. The molecule has 1 saturated heterocycles. The van der Waals surface area contributed by atoms with Crippen LogP contribution in [-0.4, -0.2) is 37.6 Å². The van der Waals surface area contributed by atoms with E-state index in [0.717, 1.165) is 6.54 Å². The first kappa shape index (κ1) is 14.4. The molecule has 0 amide bonds. The molecule has 1 aromatic rings. The Labute approximate surface area is 117 Å². The van der Waals surface area contributed by atoms with Crippen molar-refractivity contribution in [1.82, 2.24) is 4.90 Å². The van der Waals surface area contributed by atoms with Crippen LogP contribution in [0, 0.1) is 6.92 Å². The average Bonchev–Trinajstić information content (AvgIpc) is 2.85. The summed E-state index contributed by atoms with van der Waals surface area (Å²) in [6, 6.07) is 7.27. The third-order valence-electron chi connectivity index (χ3n) is 4.30.